The number of hydrogen-bond acceptors (Lipinski definition) is 5. The van der Waals surface area contributed by atoms with Crippen LogP contribution in [0.3, 0.4) is 0 Å². The molecule has 0 aliphatic rings. The Bertz CT molecular complexity index is 1090. The van der Waals surface area contributed by atoms with E-state index in [-0.39, 0.29) is 11.7 Å². The number of amides is 1. The van der Waals surface area contributed by atoms with Crippen molar-refractivity contribution >= 4 is 40.2 Å². The highest BCUT2D eigenvalue weighted by Gasteiger charge is 2.12. The lowest BCUT2D eigenvalue weighted by Crippen LogP contribution is -2.14. The van der Waals surface area contributed by atoms with E-state index in [1.54, 1.807) is 17.5 Å². The van der Waals surface area contributed by atoms with Crippen molar-refractivity contribution < 1.29 is 4.79 Å². The monoisotopic (exact) mass is 408 g/mol. The van der Waals surface area contributed by atoms with Crippen LogP contribution in [0.1, 0.15) is 25.3 Å². The van der Waals surface area contributed by atoms with Gasteiger partial charge in [-0.1, -0.05) is 43.8 Å². The fourth-order valence-electron chi connectivity index (χ4n) is 2.84. The van der Waals surface area contributed by atoms with Crippen LogP contribution < -0.4 is 5.32 Å². The van der Waals surface area contributed by atoms with Gasteiger partial charge >= 0.3 is 0 Å². The van der Waals surface area contributed by atoms with Crippen molar-refractivity contribution in [1.82, 2.24) is 14.6 Å². The standard InChI is InChI=1S/C21H20N4OS2/c1-14(2)15-5-7-16(8-6-15)23-20(26)13-28-21-18-12-17(19-4-3-11-27-19)24-25(18)10-9-22-21/h3-12,14H,13H2,1-2H3,(H,23,26). The number of nitrogens with one attached hydrogen (secondary N) is 1. The average Bonchev–Trinajstić information content (AvgIpc) is 3.36. The maximum Gasteiger partial charge on any atom is 0.234 e. The summed E-state index contributed by atoms with van der Waals surface area (Å²) in [5.74, 6) is 0.712. The van der Waals surface area contributed by atoms with Gasteiger partial charge in [-0.2, -0.15) is 5.10 Å². The molecule has 0 saturated carbocycles. The van der Waals surface area contributed by atoms with Crippen LogP contribution in [-0.2, 0) is 4.79 Å². The van der Waals surface area contributed by atoms with Gasteiger partial charge in [0, 0.05) is 18.1 Å². The molecule has 3 heterocycles. The molecule has 0 unspecified atom stereocenters. The summed E-state index contributed by atoms with van der Waals surface area (Å²) in [5, 5.41) is 10.4. The largest absolute Gasteiger partial charge is 0.325 e. The molecule has 4 aromatic rings. The van der Waals surface area contributed by atoms with Crippen LogP contribution in [0.4, 0.5) is 5.69 Å². The van der Waals surface area contributed by atoms with Gasteiger partial charge in [0.2, 0.25) is 5.91 Å². The molecule has 0 aliphatic carbocycles. The minimum Gasteiger partial charge on any atom is -0.325 e. The highest BCUT2D eigenvalue weighted by Crippen LogP contribution is 2.28. The van der Waals surface area contributed by atoms with E-state index >= 15 is 0 Å². The highest BCUT2D eigenvalue weighted by molar-refractivity contribution is 8.00. The number of nitrogens with zero attached hydrogens (tertiary/aromatic N) is 3. The molecule has 5 nitrogen and oxygen atoms in total. The van der Waals surface area contributed by atoms with E-state index in [4.69, 9.17) is 0 Å². The third kappa shape index (κ3) is 4.10. The molecule has 0 radical (unpaired) electrons. The molecule has 142 valence electrons. The smallest absolute Gasteiger partial charge is 0.234 e. The molecule has 0 bridgehead atoms. The van der Waals surface area contributed by atoms with Crippen molar-refractivity contribution in [3.63, 3.8) is 0 Å². The molecule has 0 atom stereocenters. The number of hydrogen-bond donors (Lipinski definition) is 1. The van der Waals surface area contributed by atoms with Gasteiger partial charge in [0.05, 0.1) is 16.1 Å². The molecule has 1 N–H and O–H groups in total. The van der Waals surface area contributed by atoms with Crippen molar-refractivity contribution in [1.29, 1.82) is 0 Å². The van der Waals surface area contributed by atoms with Gasteiger partial charge < -0.3 is 5.32 Å². The summed E-state index contributed by atoms with van der Waals surface area (Å²) in [6, 6.07) is 14.1. The van der Waals surface area contributed by atoms with E-state index in [1.165, 1.54) is 17.3 Å². The van der Waals surface area contributed by atoms with Gasteiger partial charge in [0.15, 0.2) is 0 Å². The number of carbonyl (C=O) groups excluding carboxylic acids is 1. The van der Waals surface area contributed by atoms with Crippen molar-refractivity contribution in [2.75, 3.05) is 11.1 Å². The number of fused-ring (bicyclic) bond motifs is 1. The molecule has 4 rings (SSSR count). The summed E-state index contributed by atoms with van der Waals surface area (Å²) >= 11 is 3.07. The maximum atomic E-state index is 12.4. The summed E-state index contributed by atoms with van der Waals surface area (Å²) in [7, 11) is 0. The van der Waals surface area contributed by atoms with E-state index in [9.17, 15) is 4.79 Å². The van der Waals surface area contributed by atoms with Crippen LogP contribution in [0.15, 0.2) is 65.3 Å². The van der Waals surface area contributed by atoms with Crippen molar-refractivity contribution in [2.24, 2.45) is 0 Å². The number of benzene rings is 1. The van der Waals surface area contributed by atoms with Gasteiger partial charge in [-0.25, -0.2) is 9.50 Å². The summed E-state index contributed by atoms with van der Waals surface area (Å²) in [4.78, 5) is 17.9. The summed E-state index contributed by atoms with van der Waals surface area (Å²) < 4.78 is 1.81. The van der Waals surface area contributed by atoms with Crippen LogP contribution in [0.5, 0.6) is 0 Å². The van der Waals surface area contributed by atoms with Crippen molar-refractivity contribution in [2.45, 2.75) is 24.8 Å². The number of thiophene rings is 1. The maximum absolute atomic E-state index is 12.4. The molecular weight excluding hydrogens is 388 g/mol. The summed E-state index contributed by atoms with van der Waals surface area (Å²) in [6.45, 7) is 4.30. The summed E-state index contributed by atoms with van der Waals surface area (Å²) in [6.07, 6.45) is 3.54. The Hall–Kier alpha value is -2.64. The Balaban J connectivity index is 1.44. The molecule has 28 heavy (non-hydrogen) atoms. The molecule has 0 saturated heterocycles. The zero-order valence-electron chi connectivity index (χ0n) is 15.6. The second-order valence-electron chi connectivity index (χ2n) is 6.68. The highest BCUT2D eigenvalue weighted by atomic mass is 32.2. The zero-order chi connectivity index (χ0) is 19.5. The Kier molecular flexibility index (Phi) is 5.45. The lowest BCUT2D eigenvalue weighted by molar-refractivity contribution is -0.113. The number of carbonyl (C=O) groups is 1. The first-order chi connectivity index (χ1) is 13.6. The quantitative estimate of drug-likeness (QED) is 0.439. The van der Waals surface area contributed by atoms with E-state index in [0.29, 0.717) is 5.92 Å². The normalized spacial score (nSPS) is 11.2. The Morgan fingerprint density at radius 3 is 2.79 bits per heavy atom. The van der Waals surface area contributed by atoms with Gasteiger partial charge in [0.25, 0.3) is 0 Å². The Morgan fingerprint density at radius 1 is 1.25 bits per heavy atom. The summed E-state index contributed by atoms with van der Waals surface area (Å²) in [5.41, 5.74) is 3.89. The molecule has 0 aliphatic heterocycles. The Morgan fingerprint density at radius 2 is 2.07 bits per heavy atom. The second kappa shape index (κ2) is 8.16. The fourth-order valence-corrected chi connectivity index (χ4v) is 4.29. The van der Waals surface area contributed by atoms with Crippen LogP contribution in [-0.4, -0.2) is 26.3 Å². The number of thioether (sulfide) groups is 1. The molecule has 3 aromatic heterocycles. The topological polar surface area (TPSA) is 59.3 Å². The van der Waals surface area contributed by atoms with E-state index in [1.807, 2.05) is 58.6 Å². The molecular formula is C21H20N4OS2. The molecule has 1 aromatic carbocycles. The zero-order valence-corrected chi connectivity index (χ0v) is 17.3. The van der Waals surface area contributed by atoms with E-state index in [0.717, 1.165) is 26.8 Å². The predicted molar refractivity (Wildman–Crippen MR) is 116 cm³/mol. The third-order valence-corrected chi connectivity index (χ3v) is 6.22. The van der Waals surface area contributed by atoms with Crippen LogP contribution in [0, 0.1) is 0 Å². The molecule has 7 heteroatoms. The second-order valence-corrected chi connectivity index (χ2v) is 8.59. The first-order valence-corrected chi connectivity index (χ1v) is 10.9. The molecule has 1 amide bonds. The molecule has 0 spiro atoms. The molecule has 0 fully saturated rings. The Labute approximate surface area is 171 Å². The fraction of sp³-hybridized carbons (Fsp3) is 0.190. The SMILES string of the molecule is CC(C)c1ccc(NC(=O)CSc2nccn3nc(-c4cccs4)cc23)cc1. The van der Waals surface area contributed by atoms with Crippen LogP contribution in [0.2, 0.25) is 0 Å². The minimum absolute atomic E-state index is 0.0518. The van der Waals surface area contributed by atoms with Gasteiger partial charge in [-0.05, 0) is 41.1 Å². The third-order valence-electron chi connectivity index (χ3n) is 4.33. The van der Waals surface area contributed by atoms with Gasteiger partial charge in [-0.3, -0.25) is 4.79 Å². The lowest BCUT2D eigenvalue weighted by atomic mass is 10.0. The lowest BCUT2D eigenvalue weighted by Gasteiger charge is -2.08. The van der Waals surface area contributed by atoms with E-state index in [2.05, 4.69) is 29.2 Å². The van der Waals surface area contributed by atoms with E-state index < -0.39 is 0 Å². The minimum atomic E-state index is -0.0518. The number of anilines is 1. The average molecular weight is 409 g/mol. The van der Waals surface area contributed by atoms with Crippen molar-refractivity contribution in [3.05, 3.63) is 65.8 Å². The first-order valence-electron chi connectivity index (χ1n) is 9.01. The van der Waals surface area contributed by atoms with Crippen molar-refractivity contribution in [3.8, 4) is 10.6 Å². The number of rotatable bonds is 6. The van der Waals surface area contributed by atoms with Crippen LogP contribution in [0.25, 0.3) is 16.1 Å². The predicted octanol–water partition coefficient (Wildman–Crippen LogP) is 5.31. The van der Waals surface area contributed by atoms with Gasteiger partial charge in [0.1, 0.15) is 10.7 Å². The van der Waals surface area contributed by atoms with Gasteiger partial charge in [-0.15, -0.1) is 11.3 Å². The number of aromatic nitrogens is 3. The first kappa shape index (κ1) is 18.7. The van der Waals surface area contributed by atoms with Crippen LogP contribution >= 0.6 is 23.1 Å².